The number of benzene rings is 7. The first-order valence-corrected chi connectivity index (χ1v) is 16.2. The average Bonchev–Trinajstić information content (AvgIpc) is 3.76. The molecule has 0 spiro atoms. The first-order valence-electron chi connectivity index (χ1n) is 15.4. The number of hydrogen-bond acceptors (Lipinski definition) is 1. The van der Waals surface area contributed by atoms with Gasteiger partial charge < -0.3 is 9.13 Å². The summed E-state index contributed by atoms with van der Waals surface area (Å²) in [6.07, 6.45) is 0. The zero-order chi connectivity index (χ0) is 29.5. The number of nitrogens with zero attached hydrogens (tertiary/aromatic N) is 2. The third-order valence-electron chi connectivity index (χ3n) is 9.32. The van der Waals surface area contributed by atoms with Gasteiger partial charge in [-0.15, -0.1) is 11.3 Å². The van der Waals surface area contributed by atoms with Crippen LogP contribution >= 0.6 is 11.3 Å². The van der Waals surface area contributed by atoms with E-state index in [1.807, 2.05) is 11.3 Å². The molecule has 0 bridgehead atoms. The highest BCUT2D eigenvalue weighted by atomic mass is 32.1. The molecule has 0 aliphatic rings. The van der Waals surface area contributed by atoms with Crippen LogP contribution in [0.5, 0.6) is 0 Å². The summed E-state index contributed by atoms with van der Waals surface area (Å²) in [4.78, 5) is 0. The van der Waals surface area contributed by atoms with Crippen molar-refractivity contribution in [2.75, 3.05) is 0 Å². The minimum Gasteiger partial charge on any atom is -0.309 e. The van der Waals surface area contributed by atoms with E-state index in [1.165, 1.54) is 86.3 Å². The minimum atomic E-state index is 1.17. The van der Waals surface area contributed by atoms with Crippen molar-refractivity contribution in [2.24, 2.45) is 0 Å². The lowest BCUT2D eigenvalue weighted by Crippen LogP contribution is -1.95. The van der Waals surface area contributed by atoms with Gasteiger partial charge in [0.15, 0.2) is 0 Å². The molecule has 2 nitrogen and oxygen atoms in total. The van der Waals surface area contributed by atoms with Crippen molar-refractivity contribution in [3.8, 4) is 22.5 Å². The Labute approximate surface area is 263 Å². The lowest BCUT2D eigenvalue weighted by Gasteiger charge is -2.11. The summed E-state index contributed by atoms with van der Waals surface area (Å²) in [5.74, 6) is 0. The Morgan fingerprint density at radius 2 is 0.911 bits per heavy atom. The van der Waals surface area contributed by atoms with Crippen LogP contribution in [0.25, 0.3) is 86.3 Å². The molecule has 0 aliphatic heterocycles. The maximum Gasteiger partial charge on any atom is 0.0547 e. The summed E-state index contributed by atoms with van der Waals surface area (Å²) in [6.45, 7) is 0. The molecule has 3 aromatic heterocycles. The molecule has 0 saturated carbocycles. The molecule has 0 unspecified atom stereocenters. The van der Waals surface area contributed by atoms with E-state index in [0.717, 1.165) is 0 Å². The normalized spacial score (nSPS) is 12.0. The Hall–Kier alpha value is -5.64. The molecule has 0 fully saturated rings. The number of hydrogen-bond donors (Lipinski definition) is 0. The van der Waals surface area contributed by atoms with Crippen LogP contribution in [0.2, 0.25) is 0 Å². The SMILES string of the molecule is c1ccc(-n2c3ccccc3c3cc(-n4c5ccccc5c5c(-c6cccc7sc8ccccc8c67)cccc54)ccc32)cc1. The summed E-state index contributed by atoms with van der Waals surface area (Å²) in [5, 5.41) is 7.75. The van der Waals surface area contributed by atoms with E-state index in [4.69, 9.17) is 0 Å². The summed E-state index contributed by atoms with van der Waals surface area (Å²) < 4.78 is 7.49. The molecule has 3 heterocycles. The maximum atomic E-state index is 2.45. The first-order chi connectivity index (χ1) is 22.3. The van der Waals surface area contributed by atoms with Gasteiger partial charge in [0, 0.05) is 53.1 Å². The fourth-order valence-corrected chi connectivity index (χ4v) is 8.61. The Bertz CT molecular complexity index is 2760. The second kappa shape index (κ2) is 9.43. The third-order valence-corrected chi connectivity index (χ3v) is 10.5. The van der Waals surface area contributed by atoms with E-state index in [1.54, 1.807) is 0 Å². The van der Waals surface area contributed by atoms with Crippen LogP contribution in [-0.4, -0.2) is 9.13 Å². The highest BCUT2D eigenvalue weighted by Crippen LogP contribution is 2.45. The lowest BCUT2D eigenvalue weighted by atomic mass is 9.95. The first kappa shape index (κ1) is 24.8. The van der Waals surface area contributed by atoms with Gasteiger partial charge in [-0.1, -0.05) is 97.1 Å². The molecule has 0 atom stereocenters. The summed E-state index contributed by atoms with van der Waals surface area (Å²) in [5.41, 5.74) is 9.78. The Balaban J connectivity index is 1.28. The number of rotatable bonds is 3. The second-order valence-electron chi connectivity index (χ2n) is 11.7. The lowest BCUT2D eigenvalue weighted by molar-refractivity contribution is 1.17. The molecule has 210 valence electrons. The Morgan fingerprint density at radius 3 is 1.76 bits per heavy atom. The summed E-state index contributed by atoms with van der Waals surface area (Å²) >= 11 is 1.88. The van der Waals surface area contributed by atoms with Crippen molar-refractivity contribution in [1.29, 1.82) is 0 Å². The van der Waals surface area contributed by atoms with E-state index < -0.39 is 0 Å². The van der Waals surface area contributed by atoms with Gasteiger partial charge in [-0.3, -0.25) is 0 Å². The van der Waals surface area contributed by atoms with Crippen LogP contribution in [0.15, 0.2) is 158 Å². The molecular weight excluding hydrogens is 565 g/mol. The molecule has 0 radical (unpaired) electrons. The quantitative estimate of drug-likeness (QED) is 0.194. The van der Waals surface area contributed by atoms with Crippen LogP contribution in [0.1, 0.15) is 0 Å². The van der Waals surface area contributed by atoms with E-state index in [-0.39, 0.29) is 0 Å². The maximum absolute atomic E-state index is 2.45. The smallest absolute Gasteiger partial charge is 0.0547 e. The second-order valence-corrected chi connectivity index (χ2v) is 12.8. The number of thiophene rings is 1. The van der Waals surface area contributed by atoms with Crippen molar-refractivity contribution in [3.05, 3.63) is 158 Å². The van der Waals surface area contributed by atoms with Crippen molar-refractivity contribution in [1.82, 2.24) is 9.13 Å². The minimum absolute atomic E-state index is 1.17. The summed E-state index contributed by atoms with van der Waals surface area (Å²) in [6, 6.07) is 57.6. The van der Waals surface area contributed by atoms with Gasteiger partial charge in [-0.2, -0.15) is 0 Å². The highest BCUT2D eigenvalue weighted by Gasteiger charge is 2.20. The molecule has 0 aliphatic carbocycles. The standard InChI is InChI=1S/C42H26N2S/c1-2-12-27(13-3-1)43-35-19-7-4-14-29(35)34-26-28(24-25-37(34)43)44-36-20-8-5-15-32(36)41-30(17-10-21-38(41)44)31-18-11-23-40-42(31)33-16-6-9-22-39(33)45-40/h1-26H. The van der Waals surface area contributed by atoms with Crippen molar-refractivity contribution < 1.29 is 0 Å². The van der Waals surface area contributed by atoms with Gasteiger partial charge in [0.25, 0.3) is 0 Å². The number of aromatic nitrogens is 2. The fraction of sp³-hybridized carbons (Fsp3) is 0. The van der Waals surface area contributed by atoms with Crippen LogP contribution in [0.3, 0.4) is 0 Å². The van der Waals surface area contributed by atoms with Gasteiger partial charge in [0.05, 0.1) is 22.1 Å². The molecule has 0 saturated heterocycles. The van der Waals surface area contributed by atoms with Crippen molar-refractivity contribution >= 4 is 75.1 Å². The van der Waals surface area contributed by atoms with E-state index in [0.29, 0.717) is 0 Å². The fourth-order valence-electron chi connectivity index (χ4n) is 7.48. The van der Waals surface area contributed by atoms with Crippen molar-refractivity contribution in [2.45, 2.75) is 0 Å². The molecular formula is C42H26N2S. The molecule has 0 N–H and O–H groups in total. The van der Waals surface area contributed by atoms with Gasteiger partial charge in [0.2, 0.25) is 0 Å². The van der Waals surface area contributed by atoms with Gasteiger partial charge in [-0.05, 0) is 71.8 Å². The van der Waals surface area contributed by atoms with Crippen LogP contribution in [-0.2, 0) is 0 Å². The Kier molecular flexibility index (Phi) is 5.19. The van der Waals surface area contributed by atoms with Crippen LogP contribution < -0.4 is 0 Å². The van der Waals surface area contributed by atoms with E-state index in [9.17, 15) is 0 Å². The number of fused-ring (bicyclic) bond motifs is 9. The molecule has 10 rings (SSSR count). The molecule has 10 aromatic rings. The molecule has 45 heavy (non-hydrogen) atoms. The van der Waals surface area contributed by atoms with Crippen LogP contribution in [0.4, 0.5) is 0 Å². The van der Waals surface area contributed by atoms with Gasteiger partial charge >= 0.3 is 0 Å². The van der Waals surface area contributed by atoms with Crippen molar-refractivity contribution in [3.63, 3.8) is 0 Å². The zero-order valence-corrected chi connectivity index (χ0v) is 25.1. The summed E-state index contributed by atoms with van der Waals surface area (Å²) in [7, 11) is 0. The average molecular weight is 591 g/mol. The number of para-hydroxylation sites is 3. The molecule has 3 heteroatoms. The van der Waals surface area contributed by atoms with E-state index >= 15 is 0 Å². The van der Waals surface area contributed by atoms with Crippen LogP contribution in [0, 0.1) is 0 Å². The predicted molar refractivity (Wildman–Crippen MR) is 193 cm³/mol. The largest absolute Gasteiger partial charge is 0.309 e. The van der Waals surface area contributed by atoms with Gasteiger partial charge in [-0.25, -0.2) is 0 Å². The molecule has 0 amide bonds. The Morgan fingerprint density at radius 1 is 0.333 bits per heavy atom. The third kappa shape index (κ3) is 3.50. The monoisotopic (exact) mass is 590 g/mol. The topological polar surface area (TPSA) is 9.86 Å². The zero-order valence-electron chi connectivity index (χ0n) is 24.3. The molecule has 7 aromatic carbocycles. The van der Waals surface area contributed by atoms with Gasteiger partial charge in [0.1, 0.15) is 0 Å². The highest BCUT2D eigenvalue weighted by molar-refractivity contribution is 7.25. The predicted octanol–water partition coefficient (Wildman–Crippen LogP) is 11.9. The van der Waals surface area contributed by atoms with E-state index in [2.05, 4.69) is 167 Å².